The van der Waals surface area contributed by atoms with Crippen molar-refractivity contribution in [2.24, 2.45) is 0 Å². The number of carbonyl (C=O) groups is 1. The number of pyridine rings is 1. The Kier molecular flexibility index (Phi) is 1.43. The molecule has 2 rings (SSSR count). The molecule has 12 heavy (non-hydrogen) atoms. The van der Waals surface area contributed by atoms with Crippen molar-refractivity contribution in [3.63, 3.8) is 0 Å². The number of aromatic nitrogens is 2. The number of aryl methyl sites for hydroxylation is 1. The molecule has 0 saturated carbocycles. The summed E-state index contributed by atoms with van der Waals surface area (Å²) in [5.41, 5.74) is 2.36. The van der Waals surface area contributed by atoms with Gasteiger partial charge in [0, 0.05) is 11.6 Å². The number of fused-ring (bicyclic) bond motifs is 1. The van der Waals surface area contributed by atoms with E-state index in [0.717, 1.165) is 22.9 Å². The first-order valence-electron chi connectivity index (χ1n) is 3.71. The minimum atomic E-state index is 0.615. The zero-order valence-electron chi connectivity index (χ0n) is 6.66. The Hall–Kier alpha value is -1.64. The summed E-state index contributed by atoms with van der Waals surface area (Å²) in [4.78, 5) is 17.6. The van der Waals surface area contributed by atoms with Crippen LogP contribution in [0.15, 0.2) is 18.3 Å². The van der Waals surface area contributed by atoms with Crippen LogP contribution in [0.1, 0.15) is 16.1 Å². The van der Waals surface area contributed by atoms with Crippen molar-refractivity contribution in [2.75, 3.05) is 0 Å². The van der Waals surface area contributed by atoms with Crippen LogP contribution < -0.4 is 0 Å². The van der Waals surface area contributed by atoms with Crippen molar-refractivity contribution in [3.8, 4) is 0 Å². The molecule has 0 aromatic carbocycles. The average molecular weight is 160 g/mol. The van der Waals surface area contributed by atoms with Gasteiger partial charge in [-0.15, -0.1) is 0 Å². The van der Waals surface area contributed by atoms with E-state index in [2.05, 4.69) is 9.97 Å². The number of nitrogens with zero attached hydrogens (tertiary/aromatic N) is 1. The van der Waals surface area contributed by atoms with Crippen molar-refractivity contribution < 1.29 is 4.79 Å². The molecule has 0 aliphatic rings. The van der Waals surface area contributed by atoms with Gasteiger partial charge in [-0.05, 0) is 24.6 Å². The molecular weight excluding hydrogens is 152 g/mol. The lowest BCUT2D eigenvalue weighted by molar-refractivity contribution is 0.111. The molecule has 0 amide bonds. The van der Waals surface area contributed by atoms with Crippen LogP contribution in [-0.2, 0) is 0 Å². The fourth-order valence-corrected chi connectivity index (χ4v) is 1.29. The summed E-state index contributed by atoms with van der Waals surface area (Å²) in [6.07, 6.45) is 2.52. The second-order valence-electron chi connectivity index (χ2n) is 2.68. The van der Waals surface area contributed by atoms with Crippen LogP contribution in [0.5, 0.6) is 0 Å². The highest BCUT2D eigenvalue weighted by Gasteiger charge is 2.05. The number of aromatic amines is 1. The van der Waals surface area contributed by atoms with E-state index in [1.54, 1.807) is 6.20 Å². The van der Waals surface area contributed by atoms with Crippen molar-refractivity contribution >= 4 is 17.3 Å². The predicted octanol–water partition coefficient (Wildman–Crippen LogP) is 1.68. The summed E-state index contributed by atoms with van der Waals surface area (Å²) < 4.78 is 0. The van der Waals surface area contributed by atoms with Gasteiger partial charge in [0.15, 0.2) is 6.29 Å². The third-order valence-electron chi connectivity index (χ3n) is 1.99. The van der Waals surface area contributed by atoms with Crippen LogP contribution in [0, 0.1) is 6.92 Å². The van der Waals surface area contributed by atoms with Gasteiger partial charge in [-0.2, -0.15) is 0 Å². The van der Waals surface area contributed by atoms with Gasteiger partial charge in [-0.3, -0.25) is 4.79 Å². The summed E-state index contributed by atoms with van der Waals surface area (Å²) in [6.45, 7) is 1.91. The molecule has 0 fully saturated rings. The van der Waals surface area contributed by atoms with Gasteiger partial charge in [-0.25, -0.2) is 4.98 Å². The quantitative estimate of drug-likeness (QED) is 0.645. The molecule has 0 radical (unpaired) electrons. The fourth-order valence-electron chi connectivity index (χ4n) is 1.29. The Bertz CT molecular complexity index is 431. The van der Waals surface area contributed by atoms with E-state index < -0.39 is 0 Å². The number of hydrogen-bond acceptors (Lipinski definition) is 2. The molecule has 0 aliphatic carbocycles. The molecular formula is C9H8N2O. The first-order chi connectivity index (χ1) is 5.83. The maximum absolute atomic E-state index is 10.5. The molecule has 3 heteroatoms. The van der Waals surface area contributed by atoms with E-state index in [1.807, 2.05) is 19.1 Å². The van der Waals surface area contributed by atoms with Crippen LogP contribution in [0.25, 0.3) is 11.0 Å². The van der Waals surface area contributed by atoms with Gasteiger partial charge < -0.3 is 4.98 Å². The topological polar surface area (TPSA) is 45.8 Å². The van der Waals surface area contributed by atoms with E-state index in [-0.39, 0.29) is 0 Å². The largest absolute Gasteiger partial charge is 0.337 e. The number of rotatable bonds is 1. The molecule has 1 N–H and O–H groups in total. The minimum Gasteiger partial charge on any atom is -0.337 e. The number of carbonyl (C=O) groups excluding carboxylic acids is 1. The van der Waals surface area contributed by atoms with Crippen LogP contribution in [0.2, 0.25) is 0 Å². The molecule has 0 spiro atoms. The molecule has 2 aromatic heterocycles. The maximum Gasteiger partial charge on any atom is 0.166 e. The van der Waals surface area contributed by atoms with Gasteiger partial charge in [-0.1, -0.05) is 0 Å². The lowest BCUT2D eigenvalue weighted by Crippen LogP contribution is -1.80. The summed E-state index contributed by atoms with van der Waals surface area (Å²) in [5.74, 6) is 0. The molecule has 2 heterocycles. The SMILES string of the molecule is Cc1c(C=O)[nH]c2ncccc12. The molecule has 0 unspecified atom stereocenters. The highest BCUT2D eigenvalue weighted by Crippen LogP contribution is 2.17. The molecule has 0 atom stereocenters. The van der Waals surface area contributed by atoms with Crippen LogP contribution >= 0.6 is 0 Å². The maximum atomic E-state index is 10.5. The second-order valence-corrected chi connectivity index (χ2v) is 2.68. The summed E-state index contributed by atoms with van der Waals surface area (Å²) in [7, 11) is 0. The molecule has 2 aromatic rings. The van der Waals surface area contributed by atoms with Crippen molar-refractivity contribution in [2.45, 2.75) is 6.92 Å². The molecule has 3 nitrogen and oxygen atoms in total. The van der Waals surface area contributed by atoms with Crippen molar-refractivity contribution in [1.29, 1.82) is 0 Å². The Balaban J connectivity index is 2.87. The van der Waals surface area contributed by atoms with Crippen molar-refractivity contribution in [3.05, 3.63) is 29.6 Å². The summed E-state index contributed by atoms with van der Waals surface area (Å²) >= 11 is 0. The minimum absolute atomic E-state index is 0.615. The third kappa shape index (κ3) is 0.830. The monoisotopic (exact) mass is 160 g/mol. The van der Waals surface area contributed by atoms with Gasteiger partial charge in [0.25, 0.3) is 0 Å². The molecule has 0 saturated heterocycles. The molecule has 0 aliphatic heterocycles. The van der Waals surface area contributed by atoms with Gasteiger partial charge in [0.2, 0.25) is 0 Å². The Morgan fingerprint density at radius 1 is 1.58 bits per heavy atom. The van der Waals surface area contributed by atoms with E-state index in [9.17, 15) is 4.79 Å². The Morgan fingerprint density at radius 3 is 3.08 bits per heavy atom. The first kappa shape index (κ1) is 7.03. The number of H-pyrrole nitrogens is 1. The summed E-state index contributed by atoms with van der Waals surface area (Å²) in [5, 5.41) is 1.01. The molecule has 60 valence electrons. The highest BCUT2D eigenvalue weighted by atomic mass is 16.1. The fraction of sp³-hybridized carbons (Fsp3) is 0.111. The average Bonchev–Trinajstić information content (AvgIpc) is 2.44. The third-order valence-corrected chi connectivity index (χ3v) is 1.99. The second kappa shape index (κ2) is 2.44. The zero-order valence-corrected chi connectivity index (χ0v) is 6.66. The predicted molar refractivity (Wildman–Crippen MR) is 46.2 cm³/mol. The van der Waals surface area contributed by atoms with Crippen LogP contribution in [0.3, 0.4) is 0 Å². The first-order valence-corrected chi connectivity index (χ1v) is 3.71. The Morgan fingerprint density at radius 2 is 2.42 bits per heavy atom. The van der Waals surface area contributed by atoms with Gasteiger partial charge >= 0.3 is 0 Å². The highest BCUT2D eigenvalue weighted by molar-refractivity contribution is 5.89. The number of hydrogen-bond donors (Lipinski definition) is 1. The van der Waals surface area contributed by atoms with E-state index >= 15 is 0 Å². The number of aldehydes is 1. The lowest BCUT2D eigenvalue weighted by atomic mass is 10.2. The number of nitrogens with one attached hydrogen (secondary N) is 1. The van der Waals surface area contributed by atoms with Crippen LogP contribution in [-0.4, -0.2) is 16.3 Å². The normalized spacial score (nSPS) is 10.4. The van der Waals surface area contributed by atoms with Gasteiger partial charge in [0.1, 0.15) is 5.65 Å². The van der Waals surface area contributed by atoms with E-state index in [4.69, 9.17) is 0 Å². The van der Waals surface area contributed by atoms with Crippen molar-refractivity contribution in [1.82, 2.24) is 9.97 Å². The smallest absolute Gasteiger partial charge is 0.166 e. The van der Waals surface area contributed by atoms with Crippen LogP contribution in [0.4, 0.5) is 0 Å². The lowest BCUT2D eigenvalue weighted by Gasteiger charge is -1.86. The standard InChI is InChI=1S/C9H8N2O/c1-6-7-3-2-4-10-9(7)11-8(6)5-12/h2-5H,1H3,(H,10,11). The zero-order chi connectivity index (χ0) is 8.55. The van der Waals surface area contributed by atoms with Gasteiger partial charge in [0.05, 0.1) is 5.69 Å². The van der Waals surface area contributed by atoms with E-state index in [1.165, 1.54) is 0 Å². The van der Waals surface area contributed by atoms with E-state index in [0.29, 0.717) is 5.69 Å². The summed E-state index contributed by atoms with van der Waals surface area (Å²) in [6, 6.07) is 3.80. The molecule has 0 bridgehead atoms. The Labute approximate surface area is 69.4 Å².